The number of nitrogens with two attached hydrogens (primary N) is 1. The Balaban J connectivity index is 2.41. The topological polar surface area (TPSA) is 110 Å². The van der Waals surface area contributed by atoms with Crippen LogP contribution in [0.4, 0.5) is 11.5 Å². The van der Waals surface area contributed by atoms with Crippen molar-refractivity contribution in [3.8, 4) is 0 Å². The maximum atomic E-state index is 12.2. The standard InChI is InChI=1S/C10H10ClN5O2S/c11-7-3-1-5-13-9(7)16-19(17,18)10-8(15-12)4-2-6-14-10/h1-6,15H,12H2,(H,13,16). The van der Waals surface area contributed by atoms with E-state index in [9.17, 15) is 8.42 Å². The Morgan fingerprint density at radius 1 is 1.16 bits per heavy atom. The van der Waals surface area contributed by atoms with Crippen molar-refractivity contribution in [3.63, 3.8) is 0 Å². The second kappa shape index (κ2) is 5.39. The number of hydrogen-bond acceptors (Lipinski definition) is 6. The highest BCUT2D eigenvalue weighted by Crippen LogP contribution is 2.23. The summed E-state index contributed by atoms with van der Waals surface area (Å²) in [7, 11) is -3.93. The monoisotopic (exact) mass is 299 g/mol. The fourth-order valence-electron chi connectivity index (χ4n) is 1.35. The molecule has 0 fully saturated rings. The highest BCUT2D eigenvalue weighted by atomic mass is 35.5. The number of nitrogens with one attached hydrogen (secondary N) is 2. The zero-order chi connectivity index (χ0) is 13.9. The molecule has 2 aromatic heterocycles. The molecule has 0 bridgehead atoms. The van der Waals surface area contributed by atoms with Gasteiger partial charge in [-0.05, 0) is 24.3 Å². The molecule has 0 amide bonds. The van der Waals surface area contributed by atoms with E-state index in [4.69, 9.17) is 17.4 Å². The fraction of sp³-hybridized carbons (Fsp3) is 0. The minimum atomic E-state index is -3.93. The van der Waals surface area contributed by atoms with Gasteiger partial charge in [0, 0.05) is 12.4 Å². The van der Waals surface area contributed by atoms with E-state index in [-0.39, 0.29) is 21.6 Å². The molecule has 2 aromatic rings. The lowest BCUT2D eigenvalue weighted by atomic mass is 10.4. The summed E-state index contributed by atoms with van der Waals surface area (Å²) >= 11 is 5.84. The first-order valence-electron chi connectivity index (χ1n) is 5.09. The average Bonchev–Trinajstić information content (AvgIpc) is 2.41. The normalized spacial score (nSPS) is 11.1. The smallest absolute Gasteiger partial charge is 0.282 e. The van der Waals surface area contributed by atoms with Gasteiger partial charge in [-0.2, -0.15) is 8.42 Å². The van der Waals surface area contributed by atoms with Crippen molar-refractivity contribution in [2.45, 2.75) is 5.03 Å². The average molecular weight is 300 g/mol. The van der Waals surface area contributed by atoms with Crippen LogP contribution in [-0.2, 0) is 10.0 Å². The van der Waals surface area contributed by atoms with Gasteiger partial charge in [0.25, 0.3) is 10.0 Å². The van der Waals surface area contributed by atoms with Crippen molar-refractivity contribution in [1.29, 1.82) is 0 Å². The van der Waals surface area contributed by atoms with Crippen molar-refractivity contribution in [2.24, 2.45) is 5.84 Å². The molecule has 0 spiro atoms. The van der Waals surface area contributed by atoms with Gasteiger partial charge in [-0.15, -0.1) is 0 Å². The summed E-state index contributed by atoms with van der Waals surface area (Å²) in [6.07, 6.45) is 2.76. The predicted molar refractivity (Wildman–Crippen MR) is 72.1 cm³/mol. The molecular weight excluding hydrogens is 290 g/mol. The molecule has 100 valence electrons. The number of rotatable bonds is 4. The molecule has 4 N–H and O–H groups in total. The van der Waals surface area contributed by atoms with Crippen LogP contribution in [0.2, 0.25) is 5.02 Å². The molecule has 0 aliphatic rings. The first-order valence-corrected chi connectivity index (χ1v) is 6.95. The quantitative estimate of drug-likeness (QED) is 0.578. The van der Waals surface area contributed by atoms with Gasteiger partial charge in [-0.25, -0.2) is 9.97 Å². The number of hydrazine groups is 1. The molecule has 2 rings (SSSR count). The number of nitrogen functional groups attached to an aromatic ring is 1. The Morgan fingerprint density at radius 2 is 1.84 bits per heavy atom. The third-order valence-electron chi connectivity index (χ3n) is 2.17. The summed E-state index contributed by atoms with van der Waals surface area (Å²) < 4.78 is 26.6. The molecule has 0 radical (unpaired) electrons. The Bertz CT molecular complexity index is 692. The van der Waals surface area contributed by atoms with Gasteiger partial charge in [0.15, 0.2) is 5.82 Å². The van der Waals surface area contributed by atoms with Gasteiger partial charge >= 0.3 is 0 Å². The number of aromatic nitrogens is 2. The molecule has 0 aromatic carbocycles. The van der Waals surface area contributed by atoms with Crippen molar-refractivity contribution in [1.82, 2.24) is 9.97 Å². The van der Waals surface area contributed by atoms with Crippen LogP contribution < -0.4 is 16.0 Å². The minimum Gasteiger partial charge on any atom is -0.321 e. The van der Waals surface area contributed by atoms with Crippen molar-refractivity contribution in [3.05, 3.63) is 41.7 Å². The fourth-order valence-corrected chi connectivity index (χ4v) is 2.71. The number of nitrogens with zero attached hydrogens (tertiary/aromatic N) is 2. The van der Waals surface area contributed by atoms with E-state index in [1.165, 1.54) is 24.5 Å². The van der Waals surface area contributed by atoms with Crippen molar-refractivity contribution < 1.29 is 8.42 Å². The molecule has 7 nitrogen and oxygen atoms in total. The SMILES string of the molecule is NNc1cccnc1S(=O)(=O)Nc1ncccc1Cl. The van der Waals surface area contributed by atoms with Crippen molar-refractivity contribution >= 4 is 33.1 Å². The predicted octanol–water partition coefficient (Wildman–Crippen LogP) is 1.22. The first-order chi connectivity index (χ1) is 9.04. The van der Waals surface area contributed by atoms with Crippen LogP contribution in [0, 0.1) is 0 Å². The van der Waals surface area contributed by atoms with E-state index < -0.39 is 10.0 Å². The Morgan fingerprint density at radius 3 is 2.53 bits per heavy atom. The van der Waals surface area contributed by atoms with E-state index in [1.54, 1.807) is 12.1 Å². The molecular formula is C10H10ClN5O2S. The number of anilines is 2. The van der Waals surface area contributed by atoms with Gasteiger partial charge in [0.05, 0.1) is 10.7 Å². The highest BCUT2D eigenvalue weighted by molar-refractivity contribution is 7.92. The molecule has 0 aliphatic carbocycles. The van der Waals surface area contributed by atoms with E-state index in [2.05, 4.69) is 20.1 Å². The first kappa shape index (κ1) is 13.5. The van der Waals surface area contributed by atoms with Gasteiger partial charge in [0.2, 0.25) is 5.03 Å². The van der Waals surface area contributed by atoms with Crippen LogP contribution in [-0.4, -0.2) is 18.4 Å². The van der Waals surface area contributed by atoms with Crippen LogP contribution in [0.3, 0.4) is 0 Å². The Labute approximate surface area is 114 Å². The molecule has 0 saturated carbocycles. The zero-order valence-corrected chi connectivity index (χ0v) is 11.1. The lowest BCUT2D eigenvalue weighted by Crippen LogP contribution is -2.19. The molecule has 0 atom stereocenters. The highest BCUT2D eigenvalue weighted by Gasteiger charge is 2.21. The summed E-state index contributed by atoms with van der Waals surface area (Å²) in [5, 5.41) is -0.0523. The van der Waals surface area contributed by atoms with Crippen LogP contribution in [0.15, 0.2) is 41.7 Å². The molecule has 0 unspecified atom stereocenters. The molecule has 0 aliphatic heterocycles. The summed E-state index contributed by atoms with van der Waals surface area (Å²) in [4.78, 5) is 7.63. The lowest BCUT2D eigenvalue weighted by molar-refractivity contribution is 0.597. The zero-order valence-electron chi connectivity index (χ0n) is 9.54. The summed E-state index contributed by atoms with van der Waals surface area (Å²) in [6, 6.07) is 6.16. The van der Waals surface area contributed by atoms with Gasteiger partial charge < -0.3 is 5.43 Å². The number of sulfonamides is 1. The minimum absolute atomic E-state index is 0.0257. The molecule has 19 heavy (non-hydrogen) atoms. The Kier molecular flexibility index (Phi) is 3.84. The van der Waals surface area contributed by atoms with E-state index in [0.29, 0.717) is 0 Å². The third-order valence-corrected chi connectivity index (χ3v) is 3.77. The number of pyridine rings is 2. The lowest BCUT2D eigenvalue weighted by Gasteiger charge is -2.10. The summed E-state index contributed by atoms with van der Waals surface area (Å²) in [5.74, 6) is 5.27. The van der Waals surface area contributed by atoms with Crippen LogP contribution in [0.5, 0.6) is 0 Å². The van der Waals surface area contributed by atoms with Crippen LogP contribution in [0.1, 0.15) is 0 Å². The van der Waals surface area contributed by atoms with E-state index in [0.717, 1.165) is 0 Å². The van der Waals surface area contributed by atoms with Crippen molar-refractivity contribution in [2.75, 3.05) is 10.1 Å². The molecule has 2 heterocycles. The van der Waals surface area contributed by atoms with Gasteiger partial charge in [-0.3, -0.25) is 10.6 Å². The largest absolute Gasteiger partial charge is 0.321 e. The third kappa shape index (κ3) is 2.92. The molecule has 9 heteroatoms. The van der Waals surface area contributed by atoms with Gasteiger partial charge in [-0.1, -0.05) is 11.6 Å². The molecule has 0 saturated heterocycles. The second-order valence-corrected chi connectivity index (χ2v) is 5.44. The maximum Gasteiger partial charge on any atom is 0.282 e. The number of halogens is 1. The number of hydrogen-bond donors (Lipinski definition) is 3. The van der Waals surface area contributed by atoms with E-state index in [1.807, 2.05) is 0 Å². The Hall–Kier alpha value is -1.90. The van der Waals surface area contributed by atoms with Gasteiger partial charge in [0.1, 0.15) is 0 Å². The van der Waals surface area contributed by atoms with Crippen LogP contribution >= 0.6 is 11.6 Å². The maximum absolute atomic E-state index is 12.2. The summed E-state index contributed by atoms with van der Waals surface area (Å²) in [6.45, 7) is 0. The second-order valence-electron chi connectivity index (χ2n) is 3.44. The summed E-state index contributed by atoms with van der Waals surface area (Å²) in [5.41, 5.74) is 2.44. The van der Waals surface area contributed by atoms with E-state index >= 15 is 0 Å². The van der Waals surface area contributed by atoms with Crippen LogP contribution in [0.25, 0.3) is 0 Å².